The van der Waals surface area contributed by atoms with E-state index >= 15 is 0 Å². The Labute approximate surface area is 206 Å². The van der Waals surface area contributed by atoms with E-state index in [2.05, 4.69) is 5.32 Å². The SMILES string of the molecule is COc1ccc(C(=O)COC(=O)C(Cc2ccccc2)NC(=O)C23CC4CC(CC(C4)C2)C3)cc1. The third-order valence-corrected chi connectivity index (χ3v) is 8.15. The quantitative estimate of drug-likeness (QED) is 0.430. The second-order valence-electron chi connectivity index (χ2n) is 10.7. The highest BCUT2D eigenvalue weighted by Crippen LogP contribution is 2.60. The fraction of sp³-hybridized carbons (Fsp3) is 0.483. The number of esters is 1. The van der Waals surface area contributed by atoms with Crippen molar-refractivity contribution in [3.63, 3.8) is 0 Å². The van der Waals surface area contributed by atoms with Gasteiger partial charge in [0, 0.05) is 17.4 Å². The molecule has 1 N–H and O–H groups in total. The number of ether oxygens (including phenoxy) is 2. The predicted molar refractivity (Wildman–Crippen MR) is 131 cm³/mol. The van der Waals surface area contributed by atoms with Gasteiger partial charge in [-0.15, -0.1) is 0 Å². The minimum Gasteiger partial charge on any atom is -0.497 e. The van der Waals surface area contributed by atoms with Gasteiger partial charge in [0.2, 0.25) is 5.91 Å². The van der Waals surface area contributed by atoms with Crippen LogP contribution < -0.4 is 10.1 Å². The minimum absolute atomic E-state index is 0.0176. The van der Waals surface area contributed by atoms with E-state index in [0.29, 0.717) is 35.5 Å². The van der Waals surface area contributed by atoms with E-state index in [1.54, 1.807) is 31.4 Å². The molecular weight excluding hydrogens is 442 g/mol. The smallest absolute Gasteiger partial charge is 0.329 e. The van der Waals surface area contributed by atoms with Crippen LogP contribution in [-0.2, 0) is 20.7 Å². The van der Waals surface area contributed by atoms with Crippen molar-refractivity contribution in [2.24, 2.45) is 23.2 Å². The maximum Gasteiger partial charge on any atom is 0.329 e. The van der Waals surface area contributed by atoms with Crippen LogP contribution in [0.1, 0.15) is 54.4 Å². The topological polar surface area (TPSA) is 81.7 Å². The van der Waals surface area contributed by atoms with Crippen LogP contribution in [0.3, 0.4) is 0 Å². The van der Waals surface area contributed by atoms with Crippen LogP contribution in [-0.4, -0.2) is 37.4 Å². The van der Waals surface area contributed by atoms with Crippen molar-refractivity contribution in [1.29, 1.82) is 0 Å². The van der Waals surface area contributed by atoms with Gasteiger partial charge in [-0.25, -0.2) is 4.79 Å². The molecule has 0 spiro atoms. The number of carbonyl (C=O) groups is 3. The van der Waals surface area contributed by atoms with Crippen LogP contribution >= 0.6 is 0 Å². The van der Waals surface area contributed by atoms with Crippen molar-refractivity contribution in [2.45, 2.75) is 51.0 Å². The summed E-state index contributed by atoms with van der Waals surface area (Å²) in [6, 6.07) is 15.4. The highest BCUT2D eigenvalue weighted by atomic mass is 16.5. The van der Waals surface area contributed by atoms with Crippen LogP contribution in [0, 0.1) is 23.2 Å². The van der Waals surface area contributed by atoms with Crippen molar-refractivity contribution in [1.82, 2.24) is 5.32 Å². The molecule has 4 saturated carbocycles. The number of Topliss-reactive ketones (excluding diaryl/α,β-unsaturated/α-hetero) is 1. The van der Waals surface area contributed by atoms with Gasteiger partial charge >= 0.3 is 5.97 Å². The Morgan fingerprint density at radius 3 is 2.09 bits per heavy atom. The standard InChI is InChI=1S/C29H33NO5/c1-34-24-9-7-23(8-10-24)26(31)18-35-27(32)25(14-19-5-3-2-4-6-19)30-28(33)29-15-20-11-21(16-29)13-22(12-20)17-29/h2-10,20-22,25H,11-18H2,1H3,(H,30,33). The first-order valence-electron chi connectivity index (χ1n) is 12.6. The van der Waals surface area contributed by atoms with E-state index in [9.17, 15) is 14.4 Å². The van der Waals surface area contributed by atoms with Gasteiger partial charge in [-0.1, -0.05) is 30.3 Å². The molecule has 4 aliphatic carbocycles. The molecule has 0 heterocycles. The summed E-state index contributed by atoms with van der Waals surface area (Å²) in [5, 5.41) is 3.06. The van der Waals surface area contributed by atoms with Gasteiger partial charge in [-0.3, -0.25) is 9.59 Å². The molecule has 4 bridgehead atoms. The Kier molecular flexibility index (Phi) is 6.63. The average Bonchev–Trinajstić information content (AvgIpc) is 2.86. The molecule has 35 heavy (non-hydrogen) atoms. The van der Waals surface area contributed by atoms with Gasteiger partial charge in [0.25, 0.3) is 0 Å². The predicted octanol–water partition coefficient (Wildman–Crippen LogP) is 4.37. The maximum atomic E-state index is 13.6. The van der Waals surface area contributed by atoms with Crippen LogP contribution in [0.2, 0.25) is 0 Å². The molecule has 4 fully saturated rings. The van der Waals surface area contributed by atoms with Crippen molar-refractivity contribution in [3.05, 3.63) is 65.7 Å². The Morgan fingerprint density at radius 2 is 1.51 bits per heavy atom. The number of hydrogen-bond donors (Lipinski definition) is 1. The average molecular weight is 476 g/mol. The third-order valence-electron chi connectivity index (χ3n) is 8.15. The zero-order chi connectivity index (χ0) is 24.4. The summed E-state index contributed by atoms with van der Waals surface area (Å²) in [4.78, 5) is 39.3. The summed E-state index contributed by atoms with van der Waals surface area (Å²) in [5.74, 6) is 1.65. The van der Waals surface area contributed by atoms with Crippen molar-refractivity contribution < 1.29 is 23.9 Å². The van der Waals surface area contributed by atoms with E-state index in [4.69, 9.17) is 9.47 Å². The summed E-state index contributed by atoms with van der Waals surface area (Å²) in [6.45, 7) is -0.371. The molecule has 6 heteroatoms. The fourth-order valence-corrected chi connectivity index (χ4v) is 6.84. The lowest BCUT2D eigenvalue weighted by Crippen LogP contribution is -2.56. The van der Waals surface area contributed by atoms with Crippen LogP contribution in [0.25, 0.3) is 0 Å². The molecule has 0 aromatic heterocycles. The largest absolute Gasteiger partial charge is 0.497 e. The maximum absolute atomic E-state index is 13.6. The lowest BCUT2D eigenvalue weighted by atomic mass is 9.49. The van der Waals surface area contributed by atoms with Gasteiger partial charge in [-0.2, -0.15) is 0 Å². The van der Waals surface area contributed by atoms with Gasteiger partial charge in [0.05, 0.1) is 7.11 Å². The lowest BCUT2D eigenvalue weighted by Gasteiger charge is -2.55. The lowest BCUT2D eigenvalue weighted by molar-refractivity contribution is -0.153. The minimum atomic E-state index is -0.832. The number of nitrogens with one attached hydrogen (secondary N) is 1. The monoisotopic (exact) mass is 475 g/mol. The fourth-order valence-electron chi connectivity index (χ4n) is 6.84. The summed E-state index contributed by atoms with van der Waals surface area (Å²) in [7, 11) is 1.56. The summed E-state index contributed by atoms with van der Waals surface area (Å²) in [6.07, 6.45) is 6.84. The van der Waals surface area contributed by atoms with Gasteiger partial charge < -0.3 is 14.8 Å². The van der Waals surface area contributed by atoms with E-state index in [1.807, 2.05) is 30.3 Å². The molecule has 1 amide bonds. The van der Waals surface area contributed by atoms with E-state index in [-0.39, 0.29) is 23.7 Å². The first kappa shape index (κ1) is 23.6. The number of benzene rings is 2. The van der Waals surface area contributed by atoms with Crippen molar-refractivity contribution >= 4 is 17.7 Å². The summed E-state index contributed by atoms with van der Waals surface area (Å²) < 4.78 is 10.6. The molecule has 1 atom stereocenters. The van der Waals surface area contributed by atoms with Crippen LogP contribution in [0.15, 0.2) is 54.6 Å². The molecular formula is C29H33NO5. The number of ketones is 1. The Balaban J connectivity index is 1.27. The Hall–Kier alpha value is -3.15. The molecule has 2 aromatic rings. The zero-order valence-corrected chi connectivity index (χ0v) is 20.2. The molecule has 2 aromatic carbocycles. The highest BCUT2D eigenvalue weighted by Gasteiger charge is 2.55. The molecule has 1 unspecified atom stereocenters. The van der Waals surface area contributed by atoms with Gasteiger partial charge in [0.1, 0.15) is 11.8 Å². The van der Waals surface area contributed by atoms with Crippen molar-refractivity contribution in [3.8, 4) is 5.75 Å². The number of amides is 1. The van der Waals surface area contributed by atoms with Gasteiger partial charge in [-0.05, 0) is 86.1 Å². The Morgan fingerprint density at radius 1 is 0.914 bits per heavy atom. The summed E-state index contributed by atoms with van der Waals surface area (Å²) >= 11 is 0. The van der Waals surface area contributed by atoms with Crippen molar-refractivity contribution in [2.75, 3.05) is 13.7 Å². The van der Waals surface area contributed by atoms with E-state index in [0.717, 1.165) is 24.8 Å². The summed E-state index contributed by atoms with van der Waals surface area (Å²) in [5.41, 5.74) is 1.01. The molecule has 0 aliphatic heterocycles. The number of carbonyl (C=O) groups excluding carboxylic acids is 3. The van der Waals surface area contributed by atoms with E-state index < -0.39 is 12.0 Å². The number of methoxy groups -OCH3 is 1. The molecule has 184 valence electrons. The highest BCUT2D eigenvalue weighted by molar-refractivity contribution is 5.98. The van der Waals surface area contributed by atoms with Crippen LogP contribution in [0.4, 0.5) is 0 Å². The molecule has 0 radical (unpaired) electrons. The van der Waals surface area contributed by atoms with E-state index in [1.165, 1.54) is 19.3 Å². The molecule has 6 nitrogen and oxygen atoms in total. The normalized spacial score (nSPS) is 27.2. The second kappa shape index (κ2) is 9.84. The number of hydrogen-bond acceptors (Lipinski definition) is 5. The first-order chi connectivity index (χ1) is 16.9. The zero-order valence-electron chi connectivity index (χ0n) is 20.2. The van der Waals surface area contributed by atoms with Gasteiger partial charge in [0.15, 0.2) is 12.4 Å². The first-order valence-corrected chi connectivity index (χ1v) is 12.6. The molecule has 6 rings (SSSR count). The third kappa shape index (κ3) is 5.12. The molecule has 0 saturated heterocycles. The second-order valence-corrected chi connectivity index (χ2v) is 10.7. The molecule has 4 aliphatic rings. The Bertz CT molecular complexity index is 1040. The van der Waals surface area contributed by atoms with Crippen LogP contribution in [0.5, 0.6) is 5.75 Å². The number of rotatable bonds is 9.